The van der Waals surface area contributed by atoms with E-state index in [2.05, 4.69) is 5.10 Å². The first kappa shape index (κ1) is 21.4. The average molecular weight is 461 g/mol. The van der Waals surface area contributed by atoms with Gasteiger partial charge < -0.3 is 15.1 Å². The first-order valence-corrected chi connectivity index (χ1v) is 10.4. The van der Waals surface area contributed by atoms with Crippen molar-refractivity contribution in [2.75, 3.05) is 6.54 Å². The lowest BCUT2D eigenvalue weighted by atomic mass is 9.78. The van der Waals surface area contributed by atoms with Gasteiger partial charge in [0, 0.05) is 24.1 Å². The van der Waals surface area contributed by atoms with Crippen LogP contribution in [-0.2, 0) is 4.79 Å². The average Bonchev–Trinajstić information content (AvgIpc) is 3.26. The summed E-state index contributed by atoms with van der Waals surface area (Å²) in [4.78, 5) is 14.6. The lowest BCUT2D eigenvalue weighted by Gasteiger charge is -2.48. The molecule has 172 valence electrons. The fourth-order valence-corrected chi connectivity index (χ4v) is 5.07. The van der Waals surface area contributed by atoms with Gasteiger partial charge in [-0.05, 0) is 30.5 Å². The Balaban J connectivity index is 1.77. The minimum absolute atomic E-state index is 0.118. The monoisotopic (exact) mass is 461 g/mol. The summed E-state index contributed by atoms with van der Waals surface area (Å²) in [6.45, 7) is 0.328. The Kier molecular flexibility index (Phi) is 5.12. The highest BCUT2D eigenvalue weighted by Gasteiger charge is 2.53. The van der Waals surface area contributed by atoms with Crippen molar-refractivity contribution < 1.29 is 32.6 Å². The van der Waals surface area contributed by atoms with E-state index < -0.39 is 59.0 Å². The zero-order valence-corrected chi connectivity index (χ0v) is 17.1. The molecule has 2 aromatic rings. The largest absolute Gasteiger partial charge is 0.507 e. The van der Waals surface area contributed by atoms with E-state index in [1.165, 1.54) is 17.0 Å². The van der Waals surface area contributed by atoms with Crippen LogP contribution in [-0.4, -0.2) is 57.0 Å². The smallest absolute Gasteiger partial charge is 0.276 e. The third-order valence-electron chi connectivity index (χ3n) is 6.48. The number of amides is 1. The van der Waals surface area contributed by atoms with Crippen LogP contribution in [0.5, 0.6) is 0 Å². The number of carbonyl (C=O) groups is 1. The van der Waals surface area contributed by atoms with Crippen LogP contribution in [0, 0.1) is 23.3 Å². The SMILES string of the molecule is O=C1C2=C(O)C(O)C=NN2[C@@H]([C@H](c2ccc(F)cc2F)c2cccc(F)c2F)[C@H]2CCCN12. The highest BCUT2D eigenvalue weighted by atomic mass is 19.2. The summed E-state index contributed by atoms with van der Waals surface area (Å²) in [5.41, 5.74) is -0.628. The number of rotatable bonds is 3. The van der Waals surface area contributed by atoms with Crippen molar-refractivity contribution in [2.24, 2.45) is 5.10 Å². The van der Waals surface area contributed by atoms with Crippen LogP contribution < -0.4 is 0 Å². The van der Waals surface area contributed by atoms with Crippen molar-refractivity contribution in [2.45, 2.75) is 36.9 Å². The minimum atomic E-state index is -1.52. The molecule has 0 saturated carbocycles. The number of aliphatic hydroxyl groups excluding tert-OH is 2. The third kappa shape index (κ3) is 3.28. The molecule has 0 radical (unpaired) electrons. The predicted octanol–water partition coefficient (Wildman–Crippen LogP) is 3.18. The standard InChI is InChI=1S/C23H19F4N3O3/c24-11-6-7-12(15(26)9-11)18(13-3-1-4-14(25)19(13)27)20-16-5-2-8-29(16)23(33)21-22(32)17(31)10-28-30(20)21/h1,3-4,6-7,9-10,16-18,20,31-32H,2,5,8H2/t16-,17?,18-,20-/m1/s1. The van der Waals surface area contributed by atoms with Gasteiger partial charge >= 0.3 is 0 Å². The van der Waals surface area contributed by atoms with E-state index in [0.29, 0.717) is 25.5 Å². The third-order valence-corrected chi connectivity index (χ3v) is 6.48. The fraction of sp³-hybridized carbons (Fsp3) is 0.304. The molecule has 0 spiro atoms. The number of nitrogens with zero attached hydrogens (tertiary/aromatic N) is 3. The number of aliphatic hydroxyl groups is 2. The Morgan fingerprint density at radius 3 is 2.61 bits per heavy atom. The summed E-state index contributed by atoms with van der Waals surface area (Å²) >= 11 is 0. The quantitative estimate of drug-likeness (QED) is 0.689. The number of fused-ring (bicyclic) bond motifs is 2. The second-order valence-corrected chi connectivity index (χ2v) is 8.27. The van der Waals surface area contributed by atoms with E-state index in [1.807, 2.05) is 0 Å². The summed E-state index contributed by atoms with van der Waals surface area (Å²) in [6, 6.07) is 4.77. The van der Waals surface area contributed by atoms with Crippen LogP contribution in [0.15, 0.2) is 53.0 Å². The Morgan fingerprint density at radius 2 is 1.85 bits per heavy atom. The van der Waals surface area contributed by atoms with Gasteiger partial charge in [0.25, 0.3) is 5.91 Å². The topological polar surface area (TPSA) is 76.4 Å². The number of hydrogen-bond acceptors (Lipinski definition) is 5. The highest BCUT2D eigenvalue weighted by molar-refractivity contribution is 5.96. The van der Waals surface area contributed by atoms with Gasteiger partial charge in [-0.2, -0.15) is 5.10 Å². The van der Waals surface area contributed by atoms with Gasteiger partial charge in [0.2, 0.25) is 0 Å². The van der Waals surface area contributed by atoms with Crippen molar-refractivity contribution in [3.05, 3.63) is 82.3 Å². The molecule has 3 aliphatic heterocycles. The normalized spacial score (nSPS) is 25.4. The van der Waals surface area contributed by atoms with E-state index in [4.69, 9.17) is 0 Å². The van der Waals surface area contributed by atoms with Crippen molar-refractivity contribution in [1.82, 2.24) is 9.91 Å². The number of hydrazone groups is 1. The summed E-state index contributed by atoms with van der Waals surface area (Å²) < 4.78 is 58.1. The molecule has 2 aromatic carbocycles. The molecule has 1 amide bonds. The molecule has 2 fully saturated rings. The van der Waals surface area contributed by atoms with Gasteiger partial charge in [-0.1, -0.05) is 18.2 Å². The van der Waals surface area contributed by atoms with E-state index in [1.54, 1.807) is 0 Å². The Bertz CT molecular complexity index is 1200. The summed E-state index contributed by atoms with van der Waals surface area (Å²) in [5.74, 6) is -6.59. The number of carbonyl (C=O) groups excluding carboxylic acids is 1. The number of halogens is 4. The molecule has 0 bridgehead atoms. The lowest BCUT2D eigenvalue weighted by Crippen LogP contribution is -2.60. The van der Waals surface area contributed by atoms with E-state index >= 15 is 8.78 Å². The second kappa shape index (κ2) is 7.87. The number of hydrogen-bond donors (Lipinski definition) is 2. The molecule has 2 N–H and O–H groups in total. The van der Waals surface area contributed by atoms with Crippen LogP contribution in [0.2, 0.25) is 0 Å². The zero-order valence-electron chi connectivity index (χ0n) is 17.1. The molecular formula is C23H19F4N3O3. The molecule has 2 saturated heterocycles. The van der Waals surface area contributed by atoms with Crippen LogP contribution >= 0.6 is 0 Å². The molecule has 3 aliphatic rings. The molecule has 6 nitrogen and oxygen atoms in total. The molecule has 0 aliphatic carbocycles. The molecule has 3 heterocycles. The molecule has 1 unspecified atom stereocenters. The highest BCUT2D eigenvalue weighted by Crippen LogP contribution is 2.45. The minimum Gasteiger partial charge on any atom is -0.507 e. The molecule has 10 heteroatoms. The predicted molar refractivity (Wildman–Crippen MR) is 109 cm³/mol. The van der Waals surface area contributed by atoms with Gasteiger partial charge in [0.15, 0.2) is 23.1 Å². The molecule has 5 rings (SSSR count). The zero-order chi connectivity index (χ0) is 23.4. The Labute approximate surface area is 186 Å². The molecule has 33 heavy (non-hydrogen) atoms. The van der Waals surface area contributed by atoms with Crippen molar-refractivity contribution in [3.8, 4) is 0 Å². The van der Waals surface area contributed by atoms with Gasteiger partial charge in [-0.3, -0.25) is 9.80 Å². The second-order valence-electron chi connectivity index (χ2n) is 8.27. The first-order valence-electron chi connectivity index (χ1n) is 10.4. The van der Waals surface area contributed by atoms with Crippen molar-refractivity contribution in [1.29, 1.82) is 0 Å². The van der Waals surface area contributed by atoms with E-state index in [-0.39, 0.29) is 16.8 Å². The van der Waals surface area contributed by atoms with Crippen molar-refractivity contribution in [3.63, 3.8) is 0 Å². The van der Waals surface area contributed by atoms with Gasteiger partial charge in [0.05, 0.1) is 18.3 Å². The maximum absolute atomic E-state index is 15.1. The van der Waals surface area contributed by atoms with Crippen LogP contribution in [0.25, 0.3) is 0 Å². The summed E-state index contributed by atoms with van der Waals surface area (Å²) in [7, 11) is 0. The number of piperazine rings is 1. The maximum atomic E-state index is 15.1. The fourth-order valence-electron chi connectivity index (χ4n) is 5.07. The summed E-state index contributed by atoms with van der Waals surface area (Å²) in [6.07, 6.45) is 0.538. The number of benzene rings is 2. The van der Waals surface area contributed by atoms with Gasteiger partial charge in [-0.25, -0.2) is 17.6 Å². The first-order chi connectivity index (χ1) is 15.8. The molecular weight excluding hydrogens is 442 g/mol. The van der Waals surface area contributed by atoms with Crippen LogP contribution in [0.1, 0.15) is 29.9 Å². The van der Waals surface area contributed by atoms with Gasteiger partial charge in [0.1, 0.15) is 17.7 Å². The van der Waals surface area contributed by atoms with E-state index in [0.717, 1.165) is 29.4 Å². The van der Waals surface area contributed by atoms with Crippen LogP contribution in [0.4, 0.5) is 17.6 Å². The van der Waals surface area contributed by atoms with E-state index in [9.17, 15) is 23.8 Å². The van der Waals surface area contributed by atoms with Gasteiger partial charge in [-0.15, -0.1) is 0 Å². The molecule has 0 aromatic heterocycles. The molecule has 4 atom stereocenters. The Morgan fingerprint density at radius 1 is 1.06 bits per heavy atom. The maximum Gasteiger partial charge on any atom is 0.276 e. The van der Waals surface area contributed by atoms with Crippen molar-refractivity contribution >= 4 is 12.1 Å². The summed E-state index contributed by atoms with van der Waals surface area (Å²) in [5, 5.41) is 25.8. The Hall–Kier alpha value is -3.40. The lowest BCUT2D eigenvalue weighted by molar-refractivity contribution is -0.136. The van der Waals surface area contributed by atoms with Crippen LogP contribution in [0.3, 0.4) is 0 Å².